The molecule has 0 radical (unpaired) electrons. The van der Waals surface area contributed by atoms with Gasteiger partial charge >= 0.3 is 0 Å². The Hall–Kier alpha value is -1.94. The van der Waals surface area contributed by atoms with Gasteiger partial charge in [0.1, 0.15) is 0 Å². The van der Waals surface area contributed by atoms with Crippen LogP contribution in [0.5, 0.6) is 0 Å². The van der Waals surface area contributed by atoms with E-state index < -0.39 is 0 Å². The zero-order valence-corrected chi connectivity index (χ0v) is 11.3. The van der Waals surface area contributed by atoms with Gasteiger partial charge in [0.15, 0.2) is 5.82 Å². The van der Waals surface area contributed by atoms with Gasteiger partial charge in [-0.1, -0.05) is 37.3 Å². The molecule has 1 aromatic heterocycles. The van der Waals surface area contributed by atoms with Crippen LogP contribution in [0.4, 0.5) is 5.69 Å². The molecule has 0 aliphatic heterocycles. The third-order valence-corrected chi connectivity index (χ3v) is 2.92. The van der Waals surface area contributed by atoms with Crippen molar-refractivity contribution in [3.63, 3.8) is 0 Å². The second kappa shape index (κ2) is 6.85. The average molecular weight is 257 g/mol. The van der Waals surface area contributed by atoms with Crippen molar-refractivity contribution in [1.82, 2.24) is 9.97 Å². The van der Waals surface area contributed by atoms with Crippen LogP contribution in [0.15, 0.2) is 42.7 Å². The number of ether oxygens (including phenoxy) is 1. The van der Waals surface area contributed by atoms with Crippen molar-refractivity contribution in [2.45, 2.75) is 19.4 Å². The first-order valence-corrected chi connectivity index (χ1v) is 6.46. The van der Waals surface area contributed by atoms with Gasteiger partial charge in [0, 0.05) is 18.7 Å². The van der Waals surface area contributed by atoms with E-state index in [1.54, 1.807) is 7.11 Å². The molecule has 0 spiro atoms. The number of aromatic nitrogens is 2. The van der Waals surface area contributed by atoms with Crippen molar-refractivity contribution in [3.05, 3.63) is 42.7 Å². The Bertz CT molecular complexity index is 485. The van der Waals surface area contributed by atoms with Crippen molar-refractivity contribution in [2.24, 2.45) is 0 Å². The van der Waals surface area contributed by atoms with Crippen LogP contribution in [0.3, 0.4) is 0 Å². The molecule has 19 heavy (non-hydrogen) atoms. The molecule has 0 saturated heterocycles. The lowest BCUT2D eigenvalue weighted by Crippen LogP contribution is -2.24. The number of methoxy groups -OCH3 is 1. The van der Waals surface area contributed by atoms with Gasteiger partial charge in [0.05, 0.1) is 24.7 Å². The largest absolute Gasteiger partial charge is 0.383 e. The highest BCUT2D eigenvalue weighted by Crippen LogP contribution is 2.15. The van der Waals surface area contributed by atoms with Gasteiger partial charge in [-0.15, -0.1) is 0 Å². The summed E-state index contributed by atoms with van der Waals surface area (Å²) < 4.78 is 5.16. The standard InChI is InChI=1S/C15H19N3O/c1-3-13(11-19-2)18-14-9-16-15(17-10-14)12-7-5-4-6-8-12/h4-10,13,18H,3,11H2,1-2H3. The minimum atomic E-state index is 0.288. The van der Waals surface area contributed by atoms with Crippen LogP contribution < -0.4 is 5.32 Å². The van der Waals surface area contributed by atoms with E-state index in [1.807, 2.05) is 42.7 Å². The first-order chi connectivity index (χ1) is 9.33. The van der Waals surface area contributed by atoms with Crippen molar-refractivity contribution < 1.29 is 4.74 Å². The summed E-state index contributed by atoms with van der Waals surface area (Å²) in [6, 6.07) is 10.2. The summed E-state index contributed by atoms with van der Waals surface area (Å²) in [7, 11) is 1.71. The fraction of sp³-hybridized carbons (Fsp3) is 0.333. The zero-order chi connectivity index (χ0) is 13.5. The second-order valence-corrected chi connectivity index (χ2v) is 4.37. The minimum absolute atomic E-state index is 0.288. The highest BCUT2D eigenvalue weighted by atomic mass is 16.5. The van der Waals surface area contributed by atoms with Gasteiger partial charge in [0.2, 0.25) is 0 Å². The van der Waals surface area contributed by atoms with Gasteiger partial charge < -0.3 is 10.1 Å². The predicted octanol–water partition coefficient (Wildman–Crippen LogP) is 2.98. The highest BCUT2D eigenvalue weighted by Gasteiger charge is 2.06. The molecule has 1 N–H and O–H groups in total. The van der Waals surface area contributed by atoms with E-state index in [9.17, 15) is 0 Å². The second-order valence-electron chi connectivity index (χ2n) is 4.37. The number of rotatable bonds is 6. The van der Waals surface area contributed by atoms with E-state index in [4.69, 9.17) is 4.74 Å². The average Bonchev–Trinajstić information content (AvgIpc) is 2.48. The number of hydrogen-bond acceptors (Lipinski definition) is 4. The molecule has 4 heteroatoms. The van der Waals surface area contributed by atoms with Crippen LogP contribution in [0.2, 0.25) is 0 Å². The van der Waals surface area contributed by atoms with E-state index in [2.05, 4.69) is 22.2 Å². The van der Waals surface area contributed by atoms with Crippen molar-refractivity contribution in [1.29, 1.82) is 0 Å². The minimum Gasteiger partial charge on any atom is -0.383 e. The molecular weight excluding hydrogens is 238 g/mol. The molecule has 0 bridgehead atoms. The zero-order valence-electron chi connectivity index (χ0n) is 11.3. The molecule has 0 saturated carbocycles. The van der Waals surface area contributed by atoms with Crippen molar-refractivity contribution >= 4 is 5.69 Å². The first kappa shape index (κ1) is 13.5. The van der Waals surface area contributed by atoms with E-state index in [0.29, 0.717) is 6.61 Å². The van der Waals surface area contributed by atoms with Crippen LogP contribution >= 0.6 is 0 Å². The van der Waals surface area contributed by atoms with Crippen molar-refractivity contribution in [3.8, 4) is 11.4 Å². The summed E-state index contributed by atoms with van der Waals surface area (Å²) in [6.07, 6.45) is 4.62. The number of anilines is 1. The molecule has 0 aliphatic carbocycles. The van der Waals surface area contributed by atoms with Crippen LogP contribution in [-0.2, 0) is 4.74 Å². The fourth-order valence-corrected chi connectivity index (χ4v) is 1.84. The Morgan fingerprint density at radius 3 is 2.42 bits per heavy atom. The topological polar surface area (TPSA) is 47.0 Å². The Labute approximate surface area is 113 Å². The third kappa shape index (κ3) is 3.76. The maximum Gasteiger partial charge on any atom is 0.159 e. The van der Waals surface area contributed by atoms with Gasteiger partial charge in [-0.3, -0.25) is 0 Å². The normalized spacial score (nSPS) is 12.1. The molecular formula is C15H19N3O. The lowest BCUT2D eigenvalue weighted by molar-refractivity contribution is 0.184. The van der Waals surface area contributed by atoms with Gasteiger partial charge in [-0.2, -0.15) is 0 Å². The van der Waals surface area contributed by atoms with Gasteiger partial charge in [-0.25, -0.2) is 9.97 Å². The molecule has 0 aliphatic rings. The summed E-state index contributed by atoms with van der Waals surface area (Å²) in [4.78, 5) is 8.76. The van der Waals surface area contributed by atoms with Crippen LogP contribution in [0, 0.1) is 0 Å². The molecule has 1 aromatic carbocycles. The molecule has 1 heterocycles. The summed E-state index contributed by atoms with van der Waals surface area (Å²) in [6.45, 7) is 2.80. The molecule has 1 atom stereocenters. The maximum absolute atomic E-state index is 5.16. The monoisotopic (exact) mass is 257 g/mol. The van der Waals surface area contributed by atoms with E-state index in [1.165, 1.54) is 0 Å². The molecule has 100 valence electrons. The Balaban J connectivity index is 2.06. The van der Waals surface area contributed by atoms with Crippen LogP contribution in [0.1, 0.15) is 13.3 Å². The summed E-state index contributed by atoms with van der Waals surface area (Å²) >= 11 is 0. The molecule has 2 rings (SSSR count). The maximum atomic E-state index is 5.16. The number of hydrogen-bond donors (Lipinski definition) is 1. The lowest BCUT2D eigenvalue weighted by Gasteiger charge is -2.16. The molecule has 4 nitrogen and oxygen atoms in total. The van der Waals surface area contributed by atoms with Crippen molar-refractivity contribution in [2.75, 3.05) is 19.0 Å². The van der Waals surface area contributed by atoms with Crippen LogP contribution in [-0.4, -0.2) is 29.7 Å². The number of nitrogens with zero attached hydrogens (tertiary/aromatic N) is 2. The Morgan fingerprint density at radius 1 is 1.16 bits per heavy atom. The Morgan fingerprint density at radius 2 is 1.84 bits per heavy atom. The SMILES string of the molecule is CCC(COC)Nc1cnc(-c2ccccc2)nc1. The highest BCUT2D eigenvalue weighted by molar-refractivity contribution is 5.55. The molecule has 0 amide bonds. The molecule has 0 fully saturated rings. The van der Waals surface area contributed by atoms with Gasteiger partial charge in [0.25, 0.3) is 0 Å². The smallest absolute Gasteiger partial charge is 0.159 e. The molecule has 1 unspecified atom stereocenters. The Kier molecular flexibility index (Phi) is 4.86. The lowest BCUT2D eigenvalue weighted by atomic mass is 10.2. The quantitative estimate of drug-likeness (QED) is 0.864. The van der Waals surface area contributed by atoms with Gasteiger partial charge in [-0.05, 0) is 6.42 Å². The summed E-state index contributed by atoms with van der Waals surface area (Å²) in [5.74, 6) is 0.742. The van der Waals surface area contributed by atoms with Crippen LogP contribution in [0.25, 0.3) is 11.4 Å². The summed E-state index contributed by atoms with van der Waals surface area (Å²) in [5, 5.41) is 3.36. The predicted molar refractivity (Wildman–Crippen MR) is 77.0 cm³/mol. The van der Waals surface area contributed by atoms with E-state index in [-0.39, 0.29) is 6.04 Å². The third-order valence-electron chi connectivity index (χ3n) is 2.92. The van der Waals surface area contributed by atoms with E-state index in [0.717, 1.165) is 23.5 Å². The fourth-order valence-electron chi connectivity index (χ4n) is 1.84. The first-order valence-electron chi connectivity index (χ1n) is 6.46. The number of benzene rings is 1. The summed E-state index contributed by atoms with van der Waals surface area (Å²) in [5.41, 5.74) is 1.95. The number of nitrogens with one attached hydrogen (secondary N) is 1. The molecule has 2 aromatic rings. The van der Waals surface area contributed by atoms with E-state index >= 15 is 0 Å².